The first-order valence-electron chi connectivity index (χ1n) is 10.4. The van der Waals surface area contributed by atoms with E-state index in [1.54, 1.807) is 25.3 Å². The minimum Gasteiger partial charge on any atom is -0.465 e. The molecule has 0 unspecified atom stereocenters. The summed E-state index contributed by atoms with van der Waals surface area (Å²) in [5, 5.41) is 11.1. The van der Waals surface area contributed by atoms with E-state index in [0.717, 1.165) is 32.1 Å². The Morgan fingerprint density at radius 2 is 1.94 bits per heavy atom. The molecular formula is C25H22N4O3S. The summed E-state index contributed by atoms with van der Waals surface area (Å²) in [7, 11) is 0. The molecule has 0 aliphatic rings. The lowest BCUT2D eigenvalue weighted by molar-refractivity contribution is -0.141. The first-order valence-corrected chi connectivity index (χ1v) is 11.2. The number of nitrogens with one attached hydrogen (secondary N) is 2. The Bertz CT molecular complexity index is 1300. The number of carbonyl (C=O) groups is 2. The van der Waals surface area contributed by atoms with Gasteiger partial charge < -0.3 is 10.1 Å². The van der Waals surface area contributed by atoms with E-state index in [2.05, 4.69) is 20.5 Å². The number of rotatable bonds is 8. The van der Waals surface area contributed by atoms with Crippen LogP contribution < -0.4 is 5.32 Å². The number of H-pyrrole nitrogens is 1. The van der Waals surface area contributed by atoms with E-state index in [9.17, 15) is 9.59 Å². The van der Waals surface area contributed by atoms with Gasteiger partial charge in [0.25, 0.3) is 5.91 Å². The summed E-state index contributed by atoms with van der Waals surface area (Å²) in [5.74, 6) is -0.788. The Morgan fingerprint density at radius 3 is 2.76 bits per heavy atom. The summed E-state index contributed by atoms with van der Waals surface area (Å²) in [5.41, 5.74) is 3.07. The van der Waals surface area contributed by atoms with E-state index in [1.165, 1.54) is 11.8 Å². The zero-order valence-corrected chi connectivity index (χ0v) is 18.8. The lowest BCUT2D eigenvalue weighted by atomic mass is 10.2. The highest BCUT2D eigenvalue weighted by molar-refractivity contribution is 7.99. The van der Waals surface area contributed by atoms with Crippen molar-refractivity contribution in [3.8, 4) is 0 Å². The van der Waals surface area contributed by atoms with Crippen LogP contribution in [0.2, 0.25) is 0 Å². The van der Waals surface area contributed by atoms with Crippen LogP contribution in [0.4, 0.5) is 0 Å². The number of nitrogens with zero attached hydrogens (tertiary/aromatic N) is 2. The van der Waals surface area contributed by atoms with Gasteiger partial charge in [0.15, 0.2) is 0 Å². The molecule has 166 valence electrons. The Balaban J connectivity index is 1.50. The van der Waals surface area contributed by atoms with Gasteiger partial charge in [-0.2, -0.15) is 5.10 Å². The maximum atomic E-state index is 12.6. The average Bonchev–Trinajstić information content (AvgIpc) is 3.24. The van der Waals surface area contributed by atoms with Crippen LogP contribution in [0.15, 0.2) is 76.7 Å². The fourth-order valence-electron chi connectivity index (χ4n) is 3.18. The number of aromatic amines is 1. The standard InChI is InChI=1S/C25H22N4O3S/c1-2-32-24(30)16-27-25(31)20-8-3-4-9-23(20)33-18-11-12-19-21(28-29-22(19)15-18)13-10-17-7-5-6-14-26-17/h3-15H,2,16H2,1H3,(H,27,31)(H,28,29)/b13-10+. The lowest BCUT2D eigenvalue weighted by Crippen LogP contribution is -2.30. The van der Waals surface area contributed by atoms with Crippen LogP contribution in [-0.4, -0.2) is 40.2 Å². The molecule has 0 bridgehead atoms. The number of carbonyl (C=O) groups excluding carboxylic acids is 2. The van der Waals surface area contributed by atoms with Gasteiger partial charge in [-0.15, -0.1) is 0 Å². The molecule has 0 aliphatic heterocycles. The Hall–Kier alpha value is -3.91. The maximum absolute atomic E-state index is 12.6. The highest BCUT2D eigenvalue weighted by Crippen LogP contribution is 2.32. The predicted octanol–water partition coefficient (Wildman–Crippen LogP) is 4.57. The fraction of sp³-hybridized carbons (Fsp3) is 0.120. The van der Waals surface area contributed by atoms with E-state index in [-0.39, 0.29) is 19.1 Å². The average molecular weight is 459 g/mol. The van der Waals surface area contributed by atoms with Gasteiger partial charge in [0.1, 0.15) is 6.54 Å². The third-order valence-corrected chi connectivity index (χ3v) is 5.79. The molecular weight excluding hydrogens is 436 g/mol. The number of fused-ring (bicyclic) bond motifs is 1. The van der Waals surface area contributed by atoms with Crippen LogP contribution in [0.25, 0.3) is 23.1 Å². The van der Waals surface area contributed by atoms with Crippen molar-refractivity contribution in [2.24, 2.45) is 0 Å². The second-order valence-corrected chi connectivity index (χ2v) is 8.11. The van der Waals surface area contributed by atoms with Crippen molar-refractivity contribution in [3.05, 3.63) is 83.8 Å². The molecule has 0 radical (unpaired) electrons. The molecule has 2 heterocycles. The van der Waals surface area contributed by atoms with Crippen molar-refractivity contribution in [3.63, 3.8) is 0 Å². The van der Waals surface area contributed by atoms with Crippen molar-refractivity contribution in [2.75, 3.05) is 13.2 Å². The van der Waals surface area contributed by atoms with Gasteiger partial charge in [0.05, 0.1) is 29.1 Å². The van der Waals surface area contributed by atoms with Gasteiger partial charge in [0, 0.05) is 21.4 Å². The van der Waals surface area contributed by atoms with E-state index in [0.29, 0.717) is 5.56 Å². The normalized spacial score (nSPS) is 11.1. The fourth-order valence-corrected chi connectivity index (χ4v) is 4.16. The molecule has 7 nitrogen and oxygen atoms in total. The third kappa shape index (κ3) is 5.67. The molecule has 8 heteroatoms. The number of esters is 1. The summed E-state index contributed by atoms with van der Waals surface area (Å²) in [6.45, 7) is 1.83. The van der Waals surface area contributed by atoms with Crippen LogP contribution in [0.3, 0.4) is 0 Å². The monoisotopic (exact) mass is 458 g/mol. The zero-order valence-electron chi connectivity index (χ0n) is 17.9. The van der Waals surface area contributed by atoms with E-state index in [1.807, 2.05) is 60.7 Å². The molecule has 0 atom stereocenters. The molecule has 2 aromatic carbocycles. The van der Waals surface area contributed by atoms with Gasteiger partial charge in [-0.05, 0) is 61.5 Å². The maximum Gasteiger partial charge on any atom is 0.325 e. The van der Waals surface area contributed by atoms with Crippen LogP contribution in [0, 0.1) is 0 Å². The molecule has 0 spiro atoms. The molecule has 33 heavy (non-hydrogen) atoms. The van der Waals surface area contributed by atoms with Crippen LogP contribution >= 0.6 is 11.8 Å². The quantitative estimate of drug-likeness (QED) is 0.376. The van der Waals surface area contributed by atoms with Crippen molar-refractivity contribution in [1.82, 2.24) is 20.5 Å². The number of aromatic nitrogens is 3. The zero-order chi connectivity index (χ0) is 23.0. The summed E-state index contributed by atoms with van der Waals surface area (Å²) in [4.78, 5) is 30.2. The lowest BCUT2D eigenvalue weighted by Gasteiger charge is -2.10. The number of benzene rings is 2. The highest BCUT2D eigenvalue weighted by atomic mass is 32.2. The molecule has 0 saturated heterocycles. The first kappa shape index (κ1) is 22.3. The minimum atomic E-state index is -0.464. The van der Waals surface area contributed by atoms with Gasteiger partial charge >= 0.3 is 5.97 Å². The first-order chi connectivity index (χ1) is 16.1. The summed E-state index contributed by atoms with van der Waals surface area (Å²) >= 11 is 1.47. The second-order valence-electron chi connectivity index (χ2n) is 6.99. The van der Waals surface area contributed by atoms with Crippen LogP contribution in [0.5, 0.6) is 0 Å². The summed E-state index contributed by atoms with van der Waals surface area (Å²) in [6, 6.07) is 19.0. The van der Waals surface area contributed by atoms with Crippen LogP contribution in [0.1, 0.15) is 28.7 Å². The van der Waals surface area contributed by atoms with Crippen molar-refractivity contribution < 1.29 is 14.3 Å². The molecule has 1 amide bonds. The van der Waals surface area contributed by atoms with Gasteiger partial charge in [-0.3, -0.25) is 19.7 Å². The summed E-state index contributed by atoms with van der Waals surface area (Å²) in [6.07, 6.45) is 5.60. The van der Waals surface area contributed by atoms with Crippen LogP contribution in [-0.2, 0) is 9.53 Å². The summed E-state index contributed by atoms with van der Waals surface area (Å²) < 4.78 is 4.86. The number of ether oxygens (including phenoxy) is 1. The molecule has 4 aromatic rings. The Labute approximate surface area is 195 Å². The number of hydrogen-bond donors (Lipinski definition) is 2. The molecule has 2 aromatic heterocycles. The van der Waals surface area contributed by atoms with E-state index < -0.39 is 5.97 Å². The number of amides is 1. The van der Waals surface area contributed by atoms with E-state index >= 15 is 0 Å². The molecule has 0 fully saturated rings. The molecule has 4 rings (SSSR count). The molecule has 2 N–H and O–H groups in total. The smallest absolute Gasteiger partial charge is 0.325 e. The highest BCUT2D eigenvalue weighted by Gasteiger charge is 2.14. The van der Waals surface area contributed by atoms with Gasteiger partial charge in [-0.1, -0.05) is 30.0 Å². The van der Waals surface area contributed by atoms with Gasteiger partial charge in [0.2, 0.25) is 0 Å². The molecule has 0 aliphatic carbocycles. The van der Waals surface area contributed by atoms with E-state index in [4.69, 9.17) is 4.74 Å². The topological polar surface area (TPSA) is 97.0 Å². The molecule has 0 saturated carbocycles. The number of hydrogen-bond acceptors (Lipinski definition) is 6. The van der Waals surface area contributed by atoms with Crippen molar-refractivity contribution in [2.45, 2.75) is 16.7 Å². The third-order valence-electron chi connectivity index (χ3n) is 4.72. The van der Waals surface area contributed by atoms with Crippen molar-refractivity contribution in [1.29, 1.82) is 0 Å². The predicted molar refractivity (Wildman–Crippen MR) is 129 cm³/mol. The Morgan fingerprint density at radius 1 is 1.09 bits per heavy atom. The minimum absolute atomic E-state index is 0.166. The largest absolute Gasteiger partial charge is 0.465 e. The van der Waals surface area contributed by atoms with Gasteiger partial charge in [-0.25, -0.2) is 0 Å². The SMILES string of the molecule is CCOC(=O)CNC(=O)c1ccccc1Sc1ccc2c(/C=C/c3ccccn3)n[nH]c2c1. The second kappa shape index (κ2) is 10.6. The Kier molecular flexibility index (Phi) is 7.16. The number of pyridine rings is 1. The van der Waals surface area contributed by atoms with Crippen molar-refractivity contribution >= 4 is 46.7 Å².